The third-order valence-electron chi connectivity index (χ3n) is 6.49. The summed E-state index contributed by atoms with van der Waals surface area (Å²) in [6.07, 6.45) is 6.45. The van der Waals surface area contributed by atoms with Gasteiger partial charge in [0.05, 0.1) is 22.9 Å². The van der Waals surface area contributed by atoms with Gasteiger partial charge in [0.2, 0.25) is 0 Å². The van der Waals surface area contributed by atoms with Crippen molar-refractivity contribution in [2.24, 2.45) is 5.92 Å². The minimum absolute atomic E-state index is 0.173. The highest BCUT2D eigenvalue weighted by Crippen LogP contribution is 2.57. The fourth-order valence-corrected chi connectivity index (χ4v) is 4.58. The van der Waals surface area contributed by atoms with Crippen LogP contribution in [-0.4, -0.2) is 26.2 Å². The fourth-order valence-electron chi connectivity index (χ4n) is 4.58. The Morgan fingerprint density at radius 1 is 1.26 bits per heavy atom. The molecule has 1 spiro atoms. The van der Waals surface area contributed by atoms with Crippen LogP contribution in [0.4, 0.5) is 10.5 Å². The Hall–Kier alpha value is -3.13. The number of benzene rings is 1. The van der Waals surface area contributed by atoms with Crippen LogP contribution in [0.3, 0.4) is 0 Å². The highest BCUT2D eigenvalue weighted by atomic mass is 16.7. The molecule has 35 heavy (non-hydrogen) atoms. The van der Waals surface area contributed by atoms with E-state index in [1.165, 1.54) is 5.56 Å². The lowest BCUT2D eigenvalue weighted by Gasteiger charge is -2.20. The largest absolute Gasteiger partial charge is 0.444 e. The number of fused-ring (bicyclic) bond motifs is 3. The number of alkyl carbamates (subject to hydrolysis) is 1. The van der Waals surface area contributed by atoms with E-state index in [9.17, 15) is 4.79 Å². The molecule has 0 unspecified atom stereocenters. The van der Waals surface area contributed by atoms with Crippen molar-refractivity contribution in [3.8, 4) is 0 Å². The minimum Gasteiger partial charge on any atom is -0.444 e. The van der Waals surface area contributed by atoms with Gasteiger partial charge in [0, 0.05) is 24.8 Å². The number of rotatable bonds is 7. The average molecular weight is 478 g/mol. The molecule has 0 bridgehead atoms. The molecule has 0 atom stereocenters. The van der Waals surface area contributed by atoms with Crippen LogP contribution in [0.5, 0.6) is 0 Å². The number of aryl methyl sites for hydroxylation is 1. The number of nitrogens with one attached hydrogen (secondary N) is 1. The summed E-state index contributed by atoms with van der Waals surface area (Å²) < 4.78 is 7.66. The summed E-state index contributed by atoms with van der Waals surface area (Å²) in [5.74, 6) is 1.55. The predicted molar refractivity (Wildman–Crippen MR) is 135 cm³/mol. The van der Waals surface area contributed by atoms with Crippen LogP contribution >= 0.6 is 0 Å². The number of imidazole rings is 1. The number of anilines is 1. The minimum atomic E-state index is -0.525. The third kappa shape index (κ3) is 4.98. The molecule has 3 heterocycles. The Labute approximate surface area is 206 Å². The van der Waals surface area contributed by atoms with Gasteiger partial charge >= 0.3 is 6.09 Å². The first-order valence-electron chi connectivity index (χ1n) is 12.5. The molecule has 1 N–H and O–H groups in total. The van der Waals surface area contributed by atoms with Crippen molar-refractivity contribution >= 4 is 22.8 Å². The molecule has 8 nitrogen and oxygen atoms in total. The smallest absolute Gasteiger partial charge is 0.407 e. The lowest BCUT2D eigenvalue weighted by atomic mass is 10.1. The molecule has 1 amide bonds. The predicted octanol–water partition coefficient (Wildman–Crippen LogP) is 5.44. The molecule has 8 heteroatoms. The number of hydrogen-bond donors (Lipinski definition) is 1. The van der Waals surface area contributed by atoms with Gasteiger partial charge in [-0.1, -0.05) is 19.9 Å². The topological polar surface area (TPSA) is 81.5 Å². The lowest BCUT2D eigenvalue weighted by molar-refractivity contribution is 0.0286. The number of nitrogens with zero attached hydrogens (tertiary/aromatic N) is 4. The average Bonchev–Trinajstić information content (AvgIpc) is 3.39. The van der Waals surface area contributed by atoms with E-state index in [-0.39, 0.29) is 5.60 Å². The number of amides is 1. The number of pyridine rings is 1. The van der Waals surface area contributed by atoms with Gasteiger partial charge in [-0.05, 0) is 69.7 Å². The van der Waals surface area contributed by atoms with Gasteiger partial charge in [0.15, 0.2) is 0 Å². The summed E-state index contributed by atoms with van der Waals surface area (Å²) in [7, 11) is 0. The van der Waals surface area contributed by atoms with E-state index < -0.39 is 11.7 Å². The van der Waals surface area contributed by atoms with Crippen LogP contribution in [0.15, 0.2) is 36.7 Å². The normalized spacial score (nSPS) is 16.2. The second-order valence-corrected chi connectivity index (χ2v) is 11.1. The number of hydrogen-bond acceptors (Lipinski definition) is 6. The van der Waals surface area contributed by atoms with Crippen molar-refractivity contribution in [2.75, 3.05) is 5.06 Å². The Morgan fingerprint density at radius 3 is 2.77 bits per heavy atom. The fraction of sp³-hybridized carbons (Fsp3) is 0.519. The molecular formula is C27H35N5O3. The molecule has 1 aromatic carbocycles. The number of hydroxylamine groups is 1. The summed E-state index contributed by atoms with van der Waals surface area (Å²) in [5, 5.41) is 4.80. The summed E-state index contributed by atoms with van der Waals surface area (Å²) >= 11 is 0. The summed E-state index contributed by atoms with van der Waals surface area (Å²) in [4.78, 5) is 27.9. The van der Waals surface area contributed by atoms with Crippen molar-refractivity contribution in [2.45, 2.75) is 84.7 Å². The Kier molecular flexibility index (Phi) is 5.95. The van der Waals surface area contributed by atoms with Crippen LogP contribution in [0.2, 0.25) is 0 Å². The maximum Gasteiger partial charge on any atom is 0.407 e. The van der Waals surface area contributed by atoms with Crippen molar-refractivity contribution in [1.82, 2.24) is 19.9 Å². The maximum atomic E-state index is 12.1. The quantitative estimate of drug-likeness (QED) is 0.488. The lowest BCUT2D eigenvalue weighted by Crippen LogP contribution is -2.32. The van der Waals surface area contributed by atoms with E-state index in [0.29, 0.717) is 19.0 Å². The molecule has 1 fully saturated rings. The zero-order valence-electron chi connectivity index (χ0n) is 21.3. The van der Waals surface area contributed by atoms with Gasteiger partial charge in [-0.15, -0.1) is 0 Å². The van der Waals surface area contributed by atoms with Crippen molar-refractivity contribution in [3.05, 3.63) is 53.6 Å². The van der Waals surface area contributed by atoms with Gasteiger partial charge in [-0.3, -0.25) is 9.82 Å². The van der Waals surface area contributed by atoms with Crippen LogP contribution in [0.25, 0.3) is 11.0 Å². The Balaban J connectivity index is 1.40. The van der Waals surface area contributed by atoms with Gasteiger partial charge < -0.3 is 14.6 Å². The molecule has 1 aliphatic carbocycles. The SMILES string of the molecule is CC(C)CCn1c(CN2OC3(CC3)c3ccncc32)nc2cc(CNC(=O)OC(C)(C)C)ccc21. The zero-order valence-corrected chi connectivity index (χ0v) is 21.3. The molecule has 5 rings (SSSR count). The zero-order chi connectivity index (χ0) is 24.8. The van der Waals surface area contributed by atoms with E-state index in [0.717, 1.165) is 53.9 Å². The van der Waals surface area contributed by atoms with Crippen LogP contribution in [0.1, 0.15) is 70.8 Å². The third-order valence-corrected chi connectivity index (χ3v) is 6.49. The second-order valence-electron chi connectivity index (χ2n) is 11.1. The maximum absolute atomic E-state index is 12.1. The van der Waals surface area contributed by atoms with Gasteiger partial charge in [0.25, 0.3) is 0 Å². The van der Waals surface area contributed by atoms with E-state index in [1.54, 1.807) is 0 Å². The Bertz CT molecular complexity index is 1240. The molecule has 2 aromatic heterocycles. The van der Waals surface area contributed by atoms with E-state index in [2.05, 4.69) is 40.8 Å². The van der Waals surface area contributed by atoms with Crippen molar-refractivity contribution in [1.29, 1.82) is 0 Å². The summed E-state index contributed by atoms with van der Waals surface area (Å²) in [6, 6.07) is 8.27. The molecule has 0 saturated heterocycles. The van der Waals surface area contributed by atoms with Crippen LogP contribution in [0, 0.1) is 5.92 Å². The molecule has 0 radical (unpaired) electrons. The van der Waals surface area contributed by atoms with Gasteiger partial charge in [-0.25, -0.2) is 14.8 Å². The standard InChI is InChI=1S/C27H35N5O3/c1-18(2)9-13-31-22-7-6-19(15-29-25(33)34-26(3,4)5)14-21(22)30-24(31)17-32-23-16-28-12-8-20(23)27(35-32)10-11-27/h6-8,12,14,16,18H,9-11,13,15,17H2,1-5H3,(H,29,33). The number of aromatic nitrogens is 3. The molecular weight excluding hydrogens is 442 g/mol. The molecule has 3 aromatic rings. The first-order chi connectivity index (χ1) is 16.6. The molecule has 2 aliphatic rings. The molecule has 1 aliphatic heterocycles. The molecule has 186 valence electrons. The highest BCUT2D eigenvalue weighted by Gasteiger charge is 2.54. The summed E-state index contributed by atoms with van der Waals surface area (Å²) in [5.41, 5.74) is 4.55. The number of carbonyl (C=O) groups is 1. The first-order valence-corrected chi connectivity index (χ1v) is 12.5. The van der Waals surface area contributed by atoms with Gasteiger partial charge in [-0.2, -0.15) is 0 Å². The monoisotopic (exact) mass is 477 g/mol. The van der Waals surface area contributed by atoms with Crippen molar-refractivity contribution < 1.29 is 14.4 Å². The second kappa shape index (κ2) is 8.82. The van der Waals surface area contributed by atoms with E-state index in [4.69, 9.17) is 14.6 Å². The Morgan fingerprint density at radius 2 is 2.06 bits per heavy atom. The van der Waals surface area contributed by atoms with Crippen LogP contribution in [-0.2, 0) is 34.8 Å². The van der Waals surface area contributed by atoms with Crippen molar-refractivity contribution in [3.63, 3.8) is 0 Å². The highest BCUT2D eigenvalue weighted by molar-refractivity contribution is 5.77. The van der Waals surface area contributed by atoms with Gasteiger partial charge in [0.1, 0.15) is 23.6 Å². The summed E-state index contributed by atoms with van der Waals surface area (Å²) in [6.45, 7) is 11.9. The van der Waals surface area contributed by atoms with E-state index >= 15 is 0 Å². The molecule has 1 saturated carbocycles. The first kappa shape index (κ1) is 23.6. The number of carbonyl (C=O) groups excluding carboxylic acids is 1. The van der Waals surface area contributed by atoms with E-state index in [1.807, 2.05) is 50.4 Å². The number of ether oxygens (including phenoxy) is 1. The van der Waals surface area contributed by atoms with Crippen LogP contribution < -0.4 is 10.4 Å².